The Bertz CT molecular complexity index is 5600. The van der Waals surface area contributed by atoms with Gasteiger partial charge in [0.25, 0.3) is 0 Å². The van der Waals surface area contributed by atoms with Gasteiger partial charge in [-0.3, -0.25) is 0 Å². The first-order valence-corrected chi connectivity index (χ1v) is 29.9. The molecule has 1 aliphatic rings. The first-order chi connectivity index (χ1) is 43.6. The molecule has 8 nitrogen and oxygen atoms in total. The summed E-state index contributed by atoms with van der Waals surface area (Å²) in [5, 5.41) is 32.3. The van der Waals surface area contributed by atoms with E-state index in [-0.39, 0.29) is 0 Å². The number of nitrogens with zero attached hydrogens (tertiary/aromatic N) is 8. The molecule has 0 aliphatic heterocycles. The minimum absolute atomic E-state index is 0.421. The number of hydrogen-bond acceptors (Lipinski definition) is 4. The highest BCUT2D eigenvalue weighted by molar-refractivity contribution is 6.24. The Morgan fingerprint density at radius 3 is 1.11 bits per heavy atom. The first-order valence-electron chi connectivity index (χ1n) is 29.9. The molecule has 0 unspecified atom stereocenters. The summed E-state index contributed by atoms with van der Waals surface area (Å²) in [6.45, 7) is 0. The second-order valence-electron chi connectivity index (χ2n) is 22.6. The van der Waals surface area contributed by atoms with Crippen LogP contribution in [0.5, 0.6) is 0 Å². The fourth-order valence-electron chi connectivity index (χ4n) is 14.1. The average molecular weight is 1130 g/mol. The molecule has 0 N–H and O–H groups in total. The van der Waals surface area contributed by atoms with E-state index in [0.29, 0.717) is 22.5 Å². The van der Waals surface area contributed by atoms with Crippen molar-refractivity contribution >= 4 is 116 Å². The molecular weight excluding hydrogens is 1070 g/mol. The zero-order valence-electron chi connectivity index (χ0n) is 47.7. The zero-order chi connectivity index (χ0) is 58.4. The van der Waals surface area contributed by atoms with Crippen LogP contribution in [-0.2, 0) is 0 Å². The van der Waals surface area contributed by atoms with Crippen LogP contribution in [0.25, 0.3) is 110 Å². The van der Waals surface area contributed by atoms with Crippen LogP contribution in [0.2, 0.25) is 0 Å². The molecule has 4 heterocycles. The summed E-state index contributed by atoms with van der Waals surface area (Å²) in [5.74, 6) is 0. The predicted molar refractivity (Wildman–Crippen MR) is 363 cm³/mol. The van der Waals surface area contributed by atoms with E-state index in [1.807, 2.05) is 24.3 Å². The molecule has 16 aromatic rings. The van der Waals surface area contributed by atoms with Gasteiger partial charge in [0.1, 0.15) is 12.1 Å². The Balaban J connectivity index is 0.982. The quantitative estimate of drug-likeness (QED) is 0.137. The lowest BCUT2D eigenvalue weighted by molar-refractivity contribution is 0.998. The first kappa shape index (κ1) is 50.4. The summed E-state index contributed by atoms with van der Waals surface area (Å²) in [4.78, 5) is 4.69. The monoisotopic (exact) mass is 1120 g/mol. The van der Waals surface area contributed by atoms with Gasteiger partial charge in [0.15, 0.2) is 0 Å². The maximum absolute atomic E-state index is 11.9. The molecule has 0 saturated carbocycles. The molecule has 0 atom stereocenters. The van der Waals surface area contributed by atoms with Crippen LogP contribution in [0, 0.1) is 22.7 Å². The van der Waals surface area contributed by atoms with Crippen LogP contribution in [0.4, 0.5) is 28.4 Å². The zero-order valence-corrected chi connectivity index (χ0v) is 47.7. The van der Waals surface area contributed by atoms with Gasteiger partial charge in [0.05, 0.1) is 78.0 Å². The predicted octanol–water partition coefficient (Wildman–Crippen LogP) is 20.7. The fraction of sp³-hybridized carbons (Fsp3) is 0.0250. The Morgan fingerprint density at radius 1 is 0.307 bits per heavy atom. The van der Waals surface area contributed by atoms with Crippen LogP contribution in [0.3, 0.4) is 0 Å². The maximum Gasteiger partial charge on any atom is 0.101 e. The molecule has 0 bridgehead atoms. The Labute approximate surface area is 507 Å². The number of para-hydroxylation sites is 7. The number of rotatable bonds is 10. The van der Waals surface area contributed by atoms with E-state index in [1.54, 1.807) is 0 Å². The normalized spacial score (nSPS) is 12.5. The second kappa shape index (κ2) is 20.3. The summed E-state index contributed by atoms with van der Waals surface area (Å²) in [7, 11) is 0. The molecule has 0 saturated heterocycles. The van der Waals surface area contributed by atoms with Crippen LogP contribution in [-0.4, -0.2) is 18.3 Å². The highest BCUT2D eigenvalue weighted by Crippen LogP contribution is 2.49. The lowest BCUT2D eigenvalue weighted by Gasteiger charge is -2.28. The molecule has 412 valence electrons. The third kappa shape index (κ3) is 7.70. The standard InChI is InChI=1S/C80H52N8/c81-51-53-46-74(88-72-44-24-42-70(84(57-29-11-3-12-30-57)58-31-13-4-14-32-58)80(72)66-50-76-64(48-78(66)88)62-38-20-22-40-68(62)86(76)60-35-17-6-18-36-60)54(52-82)45-73(53)87-71-43-23-41-69(83(55-25-7-1-8-26-55)56-27-9-2-10-28-56)79(71)65-49-75-63(47-77(65)87)61-37-19-21-39-67(61)85(75)59-33-15-5-16-34-59/h1-3,5-13,15-50H,4,14H2. The van der Waals surface area contributed by atoms with E-state index in [1.165, 1.54) is 0 Å². The number of benzene rings is 12. The molecular formula is C80H52N8. The van der Waals surface area contributed by atoms with Crippen molar-refractivity contribution in [2.75, 3.05) is 9.80 Å². The van der Waals surface area contributed by atoms with Gasteiger partial charge >= 0.3 is 0 Å². The SMILES string of the molecule is N#Cc1cc(-n2c3cc4c5ccccc5n(-c5ccccc5)c4cc3c3c(N(c4ccccc4)c4ccccc4)cccc32)c(C#N)cc1-n1c2cc3c4ccccc4n(-c4ccccc4)c3cc2c2c(N(C3=CCCC=C3)c3ccccc3)cccc21. The van der Waals surface area contributed by atoms with Gasteiger partial charge in [-0.2, -0.15) is 10.5 Å². The van der Waals surface area contributed by atoms with Gasteiger partial charge in [0, 0.05) is 77.2 Å². The Hall–Kier alpha value is -12.1. The fourth-order valence-corrected chi connectivity index (χ4v) is 14.1. The van der Waals surface area contributed by atoms with Crippen molar-refractivity contribution in [3.8, 4) is 34.9 Å². The van der Waals surface area contributed by atoms with Gasteiger partial charge in [-0.15, -0.1) is 0 Å². The molecule has 17 rings (SSSR count). The van der Waals surface area contributed by atoms with Crippen LogP contribution >= 0.6 is 0 Å². The molecule has 8 heteroatoms. The van der Waals surface area contributed by atoms with Gasteiger partial charge in [-0.1, -0.05) is 152 Å². The van der Waals surface area contributed by atoms with Crippen molar-refractivity contribution < 1.29 is 0 Å². The van der Waals surface area contributed by atoms with Gasteiger partial charge in [-0.25, -0.2) is 0 Å². The summed E-state index contributed by atoms with van der Waals surface area (Å²) >= 11 is 0. The summed E-state index contributed by atoms with van der Waals surface area (Å²) in [5.41, 5.74) is 18.2. The van der Waals surface area contributed by atoms with Crippen molar-refractivity contribution in [1.82, 2.24) is 18.3 Å². The van der Waals surface area contributed by atoms with E-state index in [4.69, 9.17) is 0 Å². The Morgan fingerprint density at radius 2 is 0.682 bits per heavy atom. The number of anilines is 5. The molecule has 1 aliphatic carbocycles. The van der Waals surface area contributed by atoms with Crippen molar-refractivity contribution in [2.24, 2.45) is 0 Å². The Kier molecular flexibility index (Phi) is 11.6. The van der Waals surface area contributed by atoms with E-state index >= 15 is 0 Å². The molecule has 0 fully saturated rings. The maximum atomic E-state index is 11.9. The van der Waals surface area contributed by atoms with Gasteiger partial charge in [0.2, 0.25) is 0 Å². The lowest BCUT2D eigenvalue weighted by atomic mass is 10.0. The molecule has 12 aromatic carbocycles. The highest BCUT2D eigenvalue weighted by Gasteiger charge is 2.29. The molecule has 0 spiro atoms. The third-order valence-corrected chi connectivity index (χ3v) is 17.7. The number of fused-ring (bicyclic) bond motifs is 12. The van der Waals surface area contributed by atoms with Crippen molar-refractivity contribution in [3.63, 3.8) is 0 Å². The summed E-state index contributed by atoms with van der Waals surface area (Å²) in [6.07, 6.45) is 8.72. The third-order valence-electron chi connectivity index (χ3n) is 17.7. The van der Waals surface area contributed by atoms with E-state index in [9.17, 15) is 10.5 Å². The topological polar surface area (TPSA) is 73.8 Å². The smallest absolute Gasteiger partial charge is 0.101 e. The van der Waals surface area contributed by atoms with Gasteiger partial charge in [-0.05, 0) is 152 Å². The largest absolute Gasteiger partial charge is 0.310 e. The van der Waals surface area contributed by atoms with Crippen molar-refractivity contribution in [3.05, 3.63) is 308 Å². The van der Waals surface area contributed by atoms with E-state index in [0.717, 1.165) is 146 Å². The summed E-state index contributed by atoms with van der Waals surface area (Å²) < 4.78 is 9.19. The van der Waals surface area contributed by atoms with Crippen molar-refractivity contribution in [2.45, 2.75) is 12.8 Å². The van der Waals surface area contributed by atoms with Crippen LogP contribution in [0.15, 0.2) is 297 Å². The minimum Gasteiger partial charge on any atom is -0.310 e. The van der Waals surface area contributed by atoms with Crippen molar-refractivity contribution in [1.29, 1.82) is 10.5 Å². The van der Waals surface area contributed by atoms with Crippen LogP contribution in [0.1, 0.15) is 24.0 Å². The summed E-state index contributed by atoms with van der Waals surface area (Å²) in [6, 6.07) is 102. The van der Waals surface area contributed by atoms with E-state index in [2.05, 4.69) is 307 Å². The molecule has 4 aromatic heterocycles. The van der Waals surface area contributed by atoms with Crippen LogP contribution < -0.4 is 9.80 Å². The highest BCUT2D eigenvalue weighted by atomic mass is 15.2. The average Bonchev–Trinajstić information content (AvgIpc) is 2.08. The van der Waals surface area contributed by atoms with Gasteiger partial charge < -0.3 is 28.1 Å². The lowest BCUT2D eigenvalue weighted by Crippen LogP contribution is -2.16. The van der Waals surface area contributed by atoms with E-state index < -0.39 is 0 Å². The molecule has 0 amide bonds. The number of hydrogen-bond donors (Lipinski definition) is 0. The number of nitriles is 2. The molecule has 88 heavy (non-hydrogen) atoms. The molecule has 0 radical (unpaired) electrons. The minimum atomic E-state index is 0.421. The number of allylic oxidation sites excluding steroid dienone is 3. The number of aromatic nitrogens is 4. The second-order valence-corrected chi connectivity index (χ2v) is 22.6.